The van der Waals surface area contributed by atoms with Gasteiger partial charge in [-0.2, -0.15) is 0 Å². The molecule has 20 heavy (non-hydrogen) atoms. The summed E-state index contributed by atoms with van der Waals surface area (Å²) in [6, 6.07) is 5.31. The molecule has 0 aromatic heterocycles. The zero-order valence-electron chi connectivity index (χ0n) is 11.0. The molecule has 0 spiro atoms. The maximum absolute atomic E-state index is 10.7. The van der Waals surface area contributed by atoms with Gasteiger partial charge in [0.1, 0.15) is 0 Å². The monoisotopic (exact) mass is 340 g/mol. The summed E-state index contributed by atoms with van der Waals surface area (Å²) >= 11 is 3.41. The molecular formula is C14H17BrN2O3. The van der Waals surface area contributed by atoms with Crippen LogP contribution in [-0.2, 0) is 11.3 Å². The number of nitro groups is 1. The molecule has 6 heteroatoms. The summed E-state index contributed by atoms with van der Waals surface area (Å²) in [4.78, 5) is 10.3. The molecule has 2 aliphatic rings. The highest BCUT2D eigenvalue weighted by molar-refractivity contribution is 9.10. The molecule has 0 radical (unpaired) electrons. The number of halogens is 1. The zero-order valence-corrected chi connectivity index (χ0v) is 12.6. The summed E-state index contributed by atoms with van der Waals surface area (Å²) in [7, 11) is 0. The van der Waals surface area contributed by atoms with Gasteiger partial charge in [-0.25, -0.2) is 0 Å². The molecule has 0 bridgehead atoms. The third-order valence-corrected chi connectivity index (χ3v) is 4.76. The Morgan fingerprint density at radius 3 is 2.85 bits per heavy atom. The smallest absolute Gasteiger partial charge is 0.270 e. The fourth-order valence-electron chi connectivity index (χ4n) is 2.75. The van der Waals surface area contributed by atoms with Crippen molar-refractivity contribution < 1.29 is 9.66 Å². The van der Waals surface area contributed by atoms with Crippen LogP contribution in [0.25, 0.3) is 0 Å². The average Bonchev–Trinajstić information content (AvgIpc) is 3.16. The highest BCUT2D eigenvalue weighted by Gasteiger charge is 2.40. The molecule has 1 heterocycles. The van der Waals surface area contributed by atoms with Gasteiger partial charge in [-0.3, -0.25) is 10.1 Å². The second kappa shape index (κ2) is 5.79. The van der Waals surface area contributed by atoms with Crippen molar-refractivity contribution in [3.05, 3.63) is 38.3 Å². The number of nitrogens with zero attached hydrogens (tertiary/aromatic N) is 1. The molecule has 2 atom stereocenters. The van der Waals surface area contributed by atoms with E-state index in [0.717, 1.165) is 29.0 Å². The van der Waals surface area contributed by atoms with Crippen LogP contribution in [0.15, 0.2) is 22.7 Å². The van der Waals surface area contributed by atoms with Gasteiger partial charge in [-0.05, 0) is 36.8 Å². The largest absolute Gasteiger partial charge is 0.376 e. The van der Waals surface area contributed by atoms with Crippen LogP contribution in [0.1, 0.15) is 24.8 Å². The molecule has 1 aliphatic heterocycles. The van der Waals surface area contributed by atoms with Crippen molar-refractivity contribution in [2.75, 3.05) is 6.61 Å². The van der Waals surface area contributed by atoms with Crippen molar-refractivity contribution in [3.63, 3.8) is 0 Å². The number of rotatable bonds is 5. The van der Waals surface area contributed by atoms with E-state index in [4.69, 9.17) is 4.74 Å². The lowest BCUT2D eigenvalue weighted by Gasteiger charge is -2.19. The number of non-ortho nitro benzene ring substituents is 1. The van der Waals surface area contributed by atoms with Gasteiger partial charge in [-0.1, -0.05) is 15.9 Å². The molecule has 1 saturated carbocycles. The van der Waals surface area contributed by atoms with Gasteiger partial charge in [0.25, 0.3) is 5.69 Å². The second-order valence-electron chi connectivity index (χ2n) is 5.48. The first-order chi connectivity index (χ1) is 9.65. The molecule has 5 nitrogen and oxygen atoms in total. The Hall–Kier alpha value is -0.980. The van der Waals surface area contributed by atoms with Crippen LogP contribution >= 0.6 is 15.9 Å². The third kappa shape index (κ3) is 3.02. The van der Waals surface area contributed by atoms with Crippen molar-refractivity contribution in [1.29, 1.82) is 0 Å². The van der Waals surface area contributed by atoms with Crippen molar-refractivity contribution in [2.24, 2.45) is 5.92 Å². The molecule has 1 saturated heterocycles. The third-order valence-electron chi connectivity index (χ3n) is 4.02. The van der Waals surface area contributed by atoms with Crippen LogP contribution in [0.2, 0.25) is 0 Å². The van der Waals surface area contributed by atoms with Gasteiger partial charge in [-0.15, -0.1) is 0 Å². The quantitative estimate of drug-likeness (QED) is 0.661. The fraction of sp³-hybridized carbons (Fsp3) is 0.571. The first-order valence-electron chi connectivity index (χ1n) is 6.93. The molecular weight excluding hydrogens is 324 g/mol. The number of nitrogens with one attached hydrogen (secondary N) is 1. The lowest BCUT2D eigenvalue weighted by molar-refractivity contribution is -0.384. The Kier molecular flexibility index (Phi) is 4.05. The molecule has 2 unspecified atom stereocenters. The summed E-state index contributed by atoms with van der Waals surface area (Å²) in [6.07, 6.45) is 3.96. The van der Waals surface area contributed by atoms with E-state index in [0.29, 0.717) is 18.7 Å². The lowest BCUT2D eigenvalue weighted by atomic mass is 10.1. The van der Waals surface area contributed by atoms with E-state index in [-0.39, 0.29) is 10.6 Å². The van der Waals surface area contributed by atoms with Gasteiger partial charge < -0.3 is 10.1 Å². The Morgan fingerprint density at radius 1 is 1.40 bits per heavy atom. The van der Waals surface area contributed by atoms with E-state index >= 15 is 0 Å². The summed E-state index contributed by atoms with van der Waals surface area (Å²) < 4.78 is 6.57. The van der Waals surface area contributed by atoms with E-state index in [1.165, 1.54) is 12.8 Å². The van der Waals surface area contributed by atoms with E-state index in [1.807, 2.05) is 0 Å². The van der Waals surface area contributed by atoms with E-state index in [1.54, 1.807) is 18.2 Å². The molecule has 3 rings (SSSR count). The van der Waals surface area contributed by atoms with Crippen LogP contribution in [0.4, 0.5) is 5.69 Å². The van der Waals surface area contributed by atoms with Crippen molar-refractivity contribution >= 4 is 21.6 Å². The molecule has 108 valence electrons. The Morgan fingerprint density at radius 2 is 2.20 bits per heavy atom. The minimum Gasteiger partial charge on any atom is -0.376 e. The average molecular weight is 341 g/mol. The van der Waals surface area contributed by atoms with Gasteiger partial charge >= 0.3 is 0 Å². The summed E-state index contributed by atoms with van der Waals surface area (Å²) in [5.41, 5.74) is 1.15. The van der Waals surface area contributed by atoms with E-state index < -0.39 is 0 Å². The molecule has 1 aromatic carbocycles. The van der Waals surface area contributed by atoms with Crippen LogP contribution in [0, 0.1) is 16.0 Å². The Bertz CT molecular complexity index is 519. The normalized spacial score (nSPS) is 25.9. The number of benzene rings is 1. The summed E-state index contributed by atoms with van der Waals surface area (Å²) in [6.45, 7) is 1.54. The van der Waals surface area contributed by atoms with Crippen molar-refractivity contribution in [2.45, 2.75) is 38.0 Å². The molecule has 1 aliphatic carbocycles. The van der Waals surface area contributed by atoms with Crippen LogP contribution in [0.3, 0.4) is 0 Å². The molecule has 1 N–H and O–H groups in total. The number of ether oxygens (including phenoxy) is 1. The Balaban J connectivity index is 1.61. The highest BCUT2D eigenvalue weighted by Crippen LogP contribution is 2.38. The summed E-state index contributed by atoms with van der Waals surface area (Å²) in [5, 5.41) is 14.2. The van der Waals surface area contributed by atoms with E-state index in [2.05, 4.69) is 21.2 Å². The first kappa shape index (κ1) is 14.0. The number of hydrogen-bond donors (Lipinski definition) is 1. The highest BCUT2D eigenvalue weighted by atomic mass is 79.9. The van der Waals surface area contributed by atoms with Gasteiger partial charge in [0, 0.05) is 35.8 Å². The fourth-order valence-corrected chi connectivity index (χ4v) is 3.26. The van der Waals surface area contributed by atoms with Crippen LogP contribution in [0.5, 0.6) is 0 Å². The van der Waals surface area contributed by atoms with Crippen molar-refractivity contribution in [1.82, 2.24) is 5.32 Å². The van der Waals surface area contributed by atoms with Crippen LogP contribution in [-0.4, -0.2) is 23.7 Å². The first-order valence-corrected chi connectivity index (χ1v) is 7.72. The minimum absolute atomic E-state index is 0.112. The summed E-state index contributed by atoms with van der Waals surface area (Å²) in [5.74, 6) is 0.732. The molecule has 0 amide bonds. The maximum Gasteiger partial charge on any atom is 0.270 e. The maximum atomic E-state index is 10.7. The zero-order chi connectivity index (χ0) is 14.1. The van der Waals surface area contributed by atoms with Gasteiger partial charge in [0.15, 0.2) is 0 Å². The van der Waals surface area contributed by atoms with Gasteiger partial charge in [0.05, 0.1) is 11.0 Å². The SMILES string of the molecule is O=[N+]([O-])c1ccc(CNC2CCOC2C2CC2)c(Br)c1. The second-order valence-corrected chi connectivity index (χ2v) is 6.34. The lowest BCUT2D eigenvalue weighted by Crippen LogP contribution is -2.37. The topological polar surface area (TPSA) is 64.4 Å². The Labute approximate surface area is 126 Å². The number of hydrogen-bond acceptors (Lipinski definition) is 4. The minimum atomic E-state index is -0.379. The predicted octanol–water partition coefficient (Wildman–Crippen LogP) is 3.01. The molecule has 1 aromatic rings. The van der Waals surface area contributed by atoms with E-state index in [9.17, 15) is 10.1 Å². The standard InChI is InChI=1S/C14H17BrN2O3/c15-12-7-11(17(18)19)4-3-10(12)8-16-13-5-6-20-14(13)9-1-2-9/h3-4,7,9,13-14,16H,1-2,5-6,8H2. The number of nitro benzene ring substituents is 1. The predicted molar refractivity (Wildman–Crippen MR) is 78.5 cm³/mol. The van der Waals surface area contributed by atoms with Crippen LogP contribution < -0.4 is 5.32 Å². The molecule has 2 fully saturated rings. The van der Waals surface area contributed by atoms with Gasteiger partial charge in [0.2, 0.25) is 0 Å². The van der Waals surface area contributed by atoms with Crippen molar-refractivity contribution in [3.8, 4) is 0 Å².